The van der Waals surface area contributed by atoms with E-state index in [1.807, 2.05) is 17.4 Å². The Hall–Kier alpha value is -2.57. The lowest BCUT2D eigenvalue weighted by molar-refractivity contribution is 0.355. The normalized spacial score (nSPS) is 11.3. The van der Waals surface area contributed by atoms with Crippen LogP contribution < -0.4 is 9.47 Å². The van der Waals surface area contributed by atoms with Gasteiger partial charge in [0.2, 0.25) is 0 Å². The summed E-state index contributed by atoms with van der Waals surface area (Å²) in [7, 11) is 3.16. The standard InChI is InChI=1S/C18H14Cl2N4O2/c1-9-17-23-22-13-7-15(25-2)16(26-3)8-14(13)24(17)18(21-9)11-6-10(19)4-5-12(11)20/h4-8H,1-3H3. The molecule has 0 radical (unpaired) electrons. The second-order valence-electron chi connectivity index (χ2n) is 5.70. The van der Waals surface area contributed by atoms with Crippen LogP contribution in [0.15, 0.2) is 30.3 Å². The van der Waals surface area contributed by atoms with Gasteiger partial charge < -0.3 is 9.47 Å². The molecule has 0 aliphatic rings. The van der Waals surface area contributed by atoms with E-state index >= 15 is 0 Å². The highest BCUT2D eigenvalue weighted by Crippen LogP contribution is 2.35. The zero-order valence-corrected chi connectivity index (χ0v) is 15.8. The fourth-order valence-electron chi connectivity index (χ4n) is 2.93. The molecule has 0 amide bonds. The van der Waals surface area contributed by atoms with E-state index in [0.29, 0.717) is 44.1 Å². The molecule has 0 unspecified atom stereocenters. The van der Waals surface area contributed by atoms with Gasteiger partial charge in [0.25, 0.3) is 0 Å². The summed E-state index contributed by atoms with van der Waals surface area (Å²) in [5, 5.41) is 9.73. The molecule has 0 saturated heterocycles. The number of imidazole rings is 1. The monoisotopic (exact) mass is 388 g/mol. The first kappa shape index (κ1) is 16.9. The number of hydrogen-bond acceptors (Lipinski definition) is 5. The van der Waals surface area contributed by atoms with Crippen molar-refractivity contribution in [2.24, 2.45) is 0 Å². The van der Waals surface area contributed by atoms with Gasteiger partial charge in [0.05, 0.1) is 30.5 Å². The highest BCUT2D eigenvalue weighted by atomic mass is 35.5. The molecule has 0 N–H and O–H groups in total. The van der Waals surface area contributed by atoms with Crippen LogP contribution in [0, 0.1) is 6.92 Å². The highest BCUT2D eigenvalue weighted by molar-refractivity contribution is 6.35. The van der Waals surface area contributed by atoms with Crippen molar-refractivity contribution in [2.75, 3.05) is 14.2 Å². The third kappa shape index (κ3) is 2.53. The van der Waals surface area contributed by atoms with Crippen LogP contribution in [0.1, 0.15) is 5.69 Å². The van der Waals surface area contributed by atoms with Crippen molar-refractivity contribution >= 4 is 39.9 Å². The van der Waals surface area contributed by atoms with Gasteiger partial charge in [-0.05, 0) is 25.1 Å². The van der Waals surface area contributed by atoms with Crippen LogP contribution in [0.5, 0.6) is 11.5 Å². The van der Waals surface area contributed by atoms with E-state index < -0.39 is 0 Å². The lowest BCUT2D eigenvalue weighted by atomic mass is 10.2. The van der Waals surface area contributed by atoms with E-state index in [1.165, 1.54) is 0 Å². The van der Waals surface area contributed by atoms with E-state index in [9.17, 15) is 0 Å². The van der Waals surface area contributed by atoms with E-state index in [1.54, 1.807) is 38.5 Å². The van der Waals surface area contributed by atoms with Crippen molar-refractivity contribution in [3.05, 3.63) is 46.1 Å². The second-order valence-corrected chi connectivity index (χ2v) is 6.54. The first-order valence-electron chi connectivity index (χ1n) is 7.76. The summed E-state index contributed by atoms with van der Waals surface area (Å²) < 4.78 is 12.7. The molecule has 2 aromatic heterocycles. The van der Waals surface area contributed by atoms with E-state index in [-0.39, 0.29) is 0 Å². The number of aromatic nitrogens is 4. The topological polar surface area (TPSA) is 61.5 Å². The molecular formula is C18H14Cl2N4O2. The largest absolute Gasteiger partial charge is 0.493 e. The number of rotatable bonds is 3. The summed E-state index contributed by atoms with van der Waals surface area (Å²) in [6.45, 7) is 1.87. The van der Waals surface area contributed by atoms with Gasteiger partial charge in [-0.3, -0.25) is 4.40 Å². The summed E-state index contributed by atoms with van der Waals surface area (Å²) >= 11 is 12.6. The Bertz CT molecular complexity index is 1160. The molecule has 26 heavy (non-hydrogen) atoms. The van der Waals surface area contributed by atoms with Gasteiger partial charge in [0, 0.05) is 22.7 Å². The van der Waals surface area contributed by atoms with Crippen LogP contribution in [0.3, 0.4) is 0 Å². The van der Waals surface area contributed by atoms with Gasteiger partial charge in [0.1, 0.15) is 11.3 Å². The van der Waals surface area contributed by atoms with Crippen molar-refractivity contribution in [2.45, 2.75) is 6.92 Å². The molecule has 6 nitrogen and oxygen atoms in total. The molecule has 0 spiro atoms. The Kier molecular flexibility index (Phi) is 4.09. The van der Waals surface area contributed by atoms with Crippen LogP contribution in [0.4, 0.5) is 0 Å². The Morgan fingerprint density at radius 3 is 2.42 bits per heavy atom. The van der Waals surface area contributed by atoms with Crippen molar-refractivity contribution < 1.29 is 9.47 Å². The van der Waals surface area contributed by atoms with Crippen LogP contribution in [-0.2, 0) is 0 Å². The third-order valence-corrected chi connectivity index (χ3v) is 4.73. The SMILES string of the molecule is COc1cc2nnc3c(C)nc(-c4cc(Cl)ccc4Cl)n3c2cc1OC. The van der Waals surface area contributed by atoms with E-state index in [4.69, 9.17) is 32.7 Å². The second kappa shape index (κ2) is 6.30. The van der Waals surface area contributed by atoms with Crippen LogP contribution >= 0.6 is 23.2 Å². The Balaban J connectivity index is 2.14. The maximum absolute atomic E-state index is 6.41. The fourth-order valence-corrected chi connectivity index (χ4v) is 3.31. The number of benzene rings is 2. The van der Waals surface area contributed by atoms with Gasteiger partial charge in [-0.25, -0.2) is 4.98 Å². The maximum atomic E-state index is 6.41. The average molecular weight is 389 g/mol. The van der Waals surface area contributed by atoms with Crippen LogP contribution in [-0.4, -0.2) is 33.8 Å². The highest BCUT2D eigenvalue weighted by Gasteiger charge is 2.19. The Morgan fingerprint density at radius 1 is 0.962 bits per heavy atom. The molecule has 2 heterocycles. The van der Waals surface area contributed by atoms with E-state index in [0.717, 1.165) is 11.2 Å². The Morgan fingerprint density at radius 2 is 1.69 bits per heavy atom. The number of hydrogen-bond donors (Lipinski definition) is 0. The Labute approximate surface area is 159 Å². The molecule has 132 valence electrons. The molecule has 0 atom stereocenters. The predicted molar refractivity (Wildman–Crippen MR) is 102 cm³/mol. The lowest BCUT2D eigenvalue weighted by Crippen LogP contribution is -1.99. The molecular weight excluding hydrogens is 375 g/mol. The summed E-state index contributed by atoms with van der Waals surface area (Å²) in [4.78, 5) is 4.66. The van der Waals surface area contributed by atoms with Gasteiger partial charge in [-0.2, -0.15) is 0 Å². The number of ether oxygens (including phenoxy) is 2. The molecule has 4 rings (SSSR count). The van der Waals surface area contributed by atoms with Gasteiger partial charge >= 0.3 is 0 Å². The van der Waals surface area contributed by atoms with Crippen molar-refractivity contribution in [1.29, 1.82) is 0 Å². The lowest BCUT2D eigenvalue weighted by Gasteiger charge is -2.11. The minimum atomic E-state index is 0.548. The number of halogens is 2. The van der Waals surface area contributed by atoms with Crippen molar-refractivity contribution in [1.82, 2.24) is 19.6 Å². The van der Waals surface area contributed by atoms with Crippen molar-refractivity contribution in [3.63, 3.8) is 0 Å². The zero-order chi connectivity index (χ0) is 18.4. The summed E-state index contributed by atoms with van der Waals surface area (Å²) in [6.07, 6.45) is 0. The average Bonchev–Trinajstić information content (AvgIpc) is 2.99. The summed E-state index contributed by atoms with van der Waals surface area (Å²) in [6, 6.07) is 8.89. The minimum Gasteiger partial charge on any atom is -0.493 e. The molecule has 4 aromatic rings. The van der Waals surface area contributed by atoms with Gasteiger partial charge in [-0.15, -0.1) is 10.2 Å². The third-order valence-electron chi connectivity index (χ3n) is 4.16. The van der Waals surface area contributed by atoms with Crippen molar-refractivity contribution in [3.8, 4) is 22.9 Å². The first-order valence-corrected chi connectivity index (χ1v) is 8.52. The fraction of sp³-hybridized carbons (Fsp3) is 0.167. The van der Waals surface area contributed by atoms with Gasteiger partial charge in [-0.1, -0.05) is 23.2 Å². The van der Waals surface area contributed by atoms with E-state index in [2.05, 4.69) is 15.2 Å². The summed E-state index contributed by atoms with van der Waals surface area (Å²) in [5.74, 6) is 1.80. The summed E-state index contributed by atoms with van der Waals surface area (Å²) in [5.41, 5.74) is 3.51. The quantitative estimate of drug-likeness (QED) is 0.514. The minimum absolute atomic E-state index is 0.548. The number of nitrogens with zero attached hydrogens (tertiary/aromatic N) is 4. The number of aryl methyl sites for hydroxylation is 1. The molecule has 0 fully saturated rings. The molecule has 0 saturated carbocycles. The molecule has 2 aromatic carbocycles. The molecule has 8 heteroatoms. The predicted octanol–water partition coefficient (Wildman–Crippen LogP) is 4.58. The maximum Gasteiger partial charge on any atom is 0.183 e. The molecule has 0 bridgehead atoms. The van der Waals surface area contributed by atoms with Crippen LogP contribution in [0.2, 0.25) is 10.0 Å². The molecule has 0 aliphatic heterocycles. The number of fused-ring (bicyclic) bond motifs is 3. The first-order chi connectivity index (χ1) is 12.5. The van der Waals surface area contributed by atoms with Gasteiger partial charge in [0.15, 0.2) is 17.1 Å². The smallest absolute Gasteiger partial charge is 0.183 e. The van der Waals surface area contributed by atoms with Crippen LogP contribution in [0.25, 0.3) is 28.1 Å². The molecule has 0 aliphatic carbocycles. The number of methoxy groups -OCH3 is 2. The zero-order valence-electron chi connectivity index (χ0n) is 14.2.